The fourth-order valence-corrected chi connectivity index (χ4v) is 13.5. The first-order valence-corrected chi connectivity index (χ1v) is 41.5. The lowest BCUT2D eigenvalue weighted by Crippen LogP contribution is -2.18. The smallest absolute Gasteiger partial charge is 0.411 e. The van der Waals surface area contributed by atoms with Gasteiger partial charge in [-0.1, -0.05) is 29.8 Å². The molecule has 0 aliphatic carbocycles. The number of aromatic nitrogens is 8. The molecule has 4 aromatic heterocycles. The molecule has 10 aromatic carbocycles. The van der Waals surface area contributed by atoms with E-state index in [0.29, 0.717) is 140 Å². The van der Waals surface area contributed by atoms with Crippen LogP contribution in [-0.2, 0) is 4.74 Å². The summed E-state index contributed by atoms with van der Waals surface area (Å²) in [6, 6.07) is 28.1. The summed E-state index contributed by atoms with van der Waals surface area (Å²) < 4.78 is 224. The summed E-state index contributed by atoms with van der Waals surface area (Å²) in [6.45, 7) is 7.69. The number of carbonyl (C=O) groups is 2. The molecular weight excluding hydrogens is 1950 g/mol. The molecule has 8 aliphatic rings. The first kappa shape index (κ1) is 95.0. The lowest BCUT2D eigenvalue weighted by atomic mass is 10.2. The SMILES string of the molecule is CCOC(=O)Nc1ccc2c(c1F)OCCO2.Fc1c(Br)ccc2c1OCCO2.Fc1c(Br)cccc1Nc1ncnc2c(F)c3c(cc12)OCCO3.Fc1c2c(cc3c(Cl)ncnc13)OCCO2.Fc1c2c(cc3cncnc13)OCCO2.Fc1cccc2c1OCCO2.O=C(O)c1ccc2c(c1F)OCCO2.O=c1[nH]cnc2c(F)c3c(cc12)OCCO3.Oc1cccc(F)c1O. The maximum absolute atomic E-state index is 14.6. The molecule has 12 heterocycles. The van der Waals surface area contributed by atoms with Gasteiger partial charge in [-0.05, 0) is 136 Å². The number of halogens is 13. The number of aromatic amines is 1. The molecule has 22 rings (SSSR count). The number of aromatic hydroxyl groups is 2. The number of hydrogen-bond acceptors (Lipinski definition) is 30. The van der Waals surface area contributed by atoms with E-state index in [2.05, 4.69) is 87.1 Å². The van der Waals surface area contributed by atoms with Crippen LogP contribution in [0.25, 0.3) is 43.6 Å². The molecule has 0 spiro atoms. The van der Waals surface area contributed by atoms with Crippen LogP contribution in [0.3, 0.4) is 0 Å². The van der Waals surface area contributed by atoms with Crippen molar-refractivity contribution in [2.24, 2.45) is 0 Å². The quantitative estimate of drug-likeness (QED) is 0.0529. The van der Waals surface area contributed by atoms with Crippen molar-refractivity contribution in [3.8, 4) is 103 Å². The van der Waals surface area contributed by atoms with Crippen LogP contribution in [0.15, 0.2) is 161 Å². The summed E-state index contributed by atoms with van der Waals surface area (Å²) in [7, 11) is 0. The van der Waals surface area contributed by atoms with Gasteiger partial charge in [0.2, 0.25) is 0 Å². The second-order valence-corrected chi connectivity index (χ2v) is 29.2. The van der Waals surface area contributed by atoms with E-state index in [-0.39, 0.29) is 145 Å². The van der Waals surface area contributed by atoms with E-state index in [4.69, 9.17) is 103 Å². The van der Waals surface area contributed by atoms with Crippen LogP contribution in [-0.4, -0.2) is 180 Å². The number of hydrogen-bond donors (Lipinski definition) is 6. The number of para-hydroxylation sites is 2. The number of fused-ring (bicyclic) bond motifs is 12. The second-order valence-electron chi connectivity index (χ2n) is 27.2. The minimum atomic E-state index is -1.32. The van der Waals surface area contributed by atoms with Crippen molar-refractivity contribution < 1.29 is 149 Å². The number of aromatic carboxylic acids is 1. The normalized spacial score (nSPS) is 13.5. The van der Waals surface area contributed by atoms with Gasteiger partial charge >= 0.3 is 12.1 Å². The lowest BCUT2D eigenvalue weighted by Gasteiger charge is -2.20. The number of amides is 1. The minimum absolute atomic E-state index is 0.00648. The number of carboxylic acids is 1. The largest absolute Gasteiger partial charge is 0.504 e. The summed E-state index contributed by atoms with van der Waals surface area (Å²) in [5, 5.41) is 32.7. The molecule has 134 heavy (non-hydrogen) atoms. The van der Waals surface area contributed by atoms with E-state index in [9.17, 15) is 58.3 Å². The molecule has 0 unspecified atom stereocenters. The van der Waals surface area contributed by atoms with Gasteiger partial charge in [0.25, 0.3) is 5.56 Å². The highest BCUT2D eigenvalue weighted by molar-refractivity contribution is 9.10. The molecule has 0 saturated carbocycles. The zero-order valence-corrected chi connectivity index (χ0v) is 72.9. The maximum Gasteiger partial charge on any atom is 0.411 e. The number of nitrogens with one attached hydrogen (secondary N) is 3. The highest BCUT2D eigenvalue weighted by atomic mass is 79.9. The molecule has 698 valence electrons. The summed E-state index contributed by atoms with van der Waals surface area (Å²) in [4.78, 5) is 62.7. The molecule has 0 bridgehead atoms. The number of rotatable bonds is 5. The third-order valence-electron chi connectivity index (χ3n) is 18.7. The average Bonchev–Trinajstić information content (AvgIpc) is 0.759. The molecule has 0 atom stereocenters. The van der Waals surface area contributed by atoms with Gasteiger partial charge in [-0.25, -0.2) is 88.4 Å². The third kappa shape index (κ3) is 22.2. The Hall–Kier alpha value is -15.2. The molecule has 0 fully saturated rings. The summed E-state index contributed by atoms with van der Waals surface area (Å²) >= 11 is 12.0. The maximum atomic E-state index is 14.6. The fourth-order valence-electron chi connectivity index (χ4n) is 12.7. The summed E-state index contributed by atoms with van der Waals surface area (Å²) in [5.74, 6) is -4.60. The molecule has 1 amide bonds. The van der Waals surface area contributed by atoms with Crippen LogP contribution in [0.1, 0.15) is 17.3 Å². The van der Waals surface area contributed by atoms with Gasteiger partial charge in [-0.15, -0.1) is 0 Å². The number of phenols is 2. The van der Waals surface area contributed by atoms with Crippen molar-refractivity contribution in [2.45, 2.75) is 6.92 Å². The molecular formula is C88H67Br2ClF10N10O23. The summed E-state index contributed by atoms with van der Waals surface area (Å²) in [6.07, 6.45) is 5.72. The Balaban J connectivity index is 0.000000122. The fraction of sp³-hybridized carbons (Fsp3) is 0.205. The second kappa shape index (κ2) is 44.2. The van der Waals surface area contributed by atoms with Crippen molar-refractivity contribution >= 4 is 116 Å². The molecule has 33 nitrogen and oxygen atoms in total. The van der Waals surface area contributed by atoms with Gasteiger partial charge in [-0.3, -0.25) is 10.1 Å². The Kier molecular flexibility index (Phi) is 31.3. The minimum Gasteiger partial charge on any atom is -0.504 e. The van der Waals surface area contributed by atoms with Crippen molar-refractivity contribution in [3.05, 3.63) is 235 Å². The lowest BCUT2D eigenvalue weighted by molar-refractivity contribution is 0.0688. The first-order valence-electron chi connectivity index (χ1n) is 39.6. The molecule has 6 N–H and O–H groups in total. The van der Waals surface area contributed by atoms with Crippen molar-refractivity contribution in [3.63, 3.8) is 0 Å². The Morgan fingerprint density at radius 1 is 0.418 bits per heavy atom. The average molecular weight is 2020 g/mol. The van der Waals surface area contributed by atoms with Crippen molar-refractivity contribution in [1.29, 1.82) is 0 Å². The number of carboxylic acid groups (broad SMARTS) is 1. The van der Waals surface area contributed by atoms with E-state index in [1.165, 1.54) is 55.4 Å². The Labute approximate surface area is 769 Å². The molecule has 14 aromatic rings. The third-order valence-corrected chi connectivity index (χ3v) is 20.2. The zero-order chi connectivity index (χ0) is 94.6. The van der Waals surface area contributed by atoms with Crippen LogP contribution in [0, 0.1) is 58.2 Å². The number of nitrogens with zero attached hydrogens (tertiary/aromatic N) is 7. The topological polar surface area (TPSA) is 399 Å². The van der Waals surface area contributed by atoms with E-state index in [0.717, 1.165) is 18.5 Å². The molecule has 46 heteroatoms. The van der Waals surface area contributed by atoms with Gasteiger partial charge in [0, 0.05) is 22.4 Å². The van der Waals surface area contributed by atoms with Gasteiger partial charge < -0.3 is 106 Å². The van der Waals surface area contributed by atoms with Crippen molar-refractivity contribution in [1.82, 2.24) is 39.9 Å². The number of phenolic OH excluding ortho intramolecular Hbond substituents is 2. The first-order chi connectivity index (χ1) is 64.8. The van der Waals surface area contributed by atoms with Crippen molar-refractivity contribution in [2.75, 3.05) is 123 Å². The zero-order valence-electron chi connectivity index (χ0n) is 68.9. The number of anilines is 3. The van der Waals surface area contributed by atoms with Gasteiger partial charge in [0.15, 0.2) is 162 Å². The summed E-state index contributed by atoms with van der Waals surface area (Å²) in [5.41, 5.74) is -0.124. The molecule has 8 aliphatic heterocycles. The van der Waals surface area contributed by atoms with E-state index in [1.807, 2.05) is 0 Å². The van der Waals surface area contributed by atoms with Crippen LogP contribution < -0.4 is 92.0 Å². The van der Waals surface area contributed by atoms with Crippen LogP contribution in [0.2, 0.25) is 5.15 Å². The Morgan fingerprint density at radius 3 is 1.39 bits per heavy atom. The predicted octanol–water partition coefficient (Wildman–Crippen LogP) is 17.4. The van der Waals surface area contributed by atoms with Gasteiger partial charge in [0.05, 0.1) is 44.2 Å². The number of benzene rings is 10. The van der Waals surface area contributed by atoms with Crippen LogP contribution in [0.4, 0.5) is 65.9 Å². The number of ether oxygens (including phenoxy) is 17. The predicted molar refractivity (Wildman–Crippen MR) is 462 cm³/mol. The monoisotopic (exact) mass is 2010 g/mol. The number of carbonyl (C=O) groups excluding carboxylic acids is 1. The van der Waals surface area contributed by atoms with Crippen LogP contribution in [0.5, 0.6) is 103 Å². The van der Waals surface area contributed by atoms with E-state index >= 15 is 0 Å². The number of H-pyrrole nitrogens is 1. The molecule has 0 saturated heterocycles. The van der Waals surface area contributed by atoms with Gasteiger partial charge in [0.1, 0.15) is 158 Å². The highest BCUT2D eigenvalue weighted by Crippen LogP contribution is 2.45. The van der Waals surface area contributed by atoms with E-state index in [1.54, 1.807) is 79.9 Å². The Morgan fingerprint density at radius 2 is 0.843 bits per heavy atom. The standard InChI is InChI=1S/C16H10BrF2N3O2.C11H12FNO4.C10H6ClFN2O2.C10H7FN2O3.C10H7FN2O2.C9H7FO4.C8H6BrFO2.C8H7FO2.C6H5FO2/c17-9-2-1-3-10(12(9)18)22-16-8-6-11-15(24-5-4-23-11)13(19)14(8)20-7-21-16;1-2-15-11(14)13-7-3-4-8-10(9(7)12)17-6-5-16-8;11-10-5-3-6-9(16-2-1-15-6)7(12)8(5)13-4-14-10;11-7-8-5(10(14)13-4-12-8)3-6-9(7)16-2-1-15-6;11-8-9-6(4-12-5-13-9)3-7-10(8)15-2-1-14-7;10-7-5(9(11)12)1-2-6-8(7)14-4-3-13-6;9-5-1-2-6-8(7(5)10)12-4-3-11-6;9-6-2-1-3-7-8(6)11-5-4-10-7;7-4-2-1-3-5(8)6(4)9/h1-3,6-7H,4-5H2,(H,20,21,22);3-4H,2,5-6H2,1H3,(H,13,14);3-4H,1-2H2;3-4H,1-2H2,(H,12,13,14);3-5H,1-2H2;1-2H,3-4H2,(H,11,12);1-2H,3-4H2;1-3H,4-5H2;1-3,8-9H. The Bertz CT molecular complexity index is 6760. The van der Waals surface area contributed by atoms with Gasteiger partial charge in [-0.2, -0.15) is 0 Å². The van der Waals surface area contributed by atoms with Crippen LogP contribution >= 0.6 is 43.5 Å². The highest BCUT2D eigenvalue weighted by Gasteiger charge is 2.30. The molecule has 0 radical (unpaired) electrons. The van der Waals surface area contributed by atoms with E-state index < -0.39 is 87.0 Å².